The third kappa shape index (κ3) is 3.39. The van der Waals surface area contributed by atoms with Crippen molar-refractivity contribution in [1.29, 1.82) is 0 Å². The van der Waals surface area contributed by atoms with Gasteiger partial charge in [0.1, 0.15) is 11.4 Å². The number of carbonyl (C=O) groups excluding carboxylic acids is 1. The van der Waals surface area contributed by atoms with Crippen LogP contribution >= 0.6 is 0 Å². The third-order valence-electron chi connectivity index (χ3n) is 4.67. The summed E-state index contributed by atoms with van der Waals surface area (Å²) in [6.07, 6.45) is 3.26. The van der Waals surface area contributed by atoms with Crippen LogP contribution in [0.1, 0.15) is 45.5 Å². The molecule has 1 aliphatic rings. The van der Waals surface area contributed by atoms with Crippen molar-refractivity contribution in [3.05, 3.63) is 54.5 Å². The predicted molar refractivity (Wildman–Crippen MR) is 105 cm³/mol. The molecule has 0 amide bonds. The van der Waals surface area contributed by atoms with E-state index in [0.717, 1.165) is 25.1 Å². The zero-order chi connectivity index (χ0) is 19.0. The first-order valence-corrected chi connectivity index (χ1v) is 9.32. The number of aromatic nitrogens is 3. The number of fused-ring (bicyclic) bond motifs is 1. The van der Waals surface area contributed by atoms with Crippen LogP contribution in [0.3, 0.4) is 0 Å². The van der Waals surface area contributed by atoms with Crippen LogP contribution in [-0.2, 0) is 4.74 Å². The molecule has 6 nitrogen and oxygen atoms in total. The van der Waals surface area contributed by atoms with Crippen molar-refractivity contribution in [2.75, 3.05) is 11.4 Å². The molecule has 1 aromatic carbocycles. The first kappa shape index (κ1) is 17.5. The van der Waals surface area contributed by atoms with Gasteiger partial charge in [0.2, 0.25) is 0 Å². The van der Waals surface area contributed by atoms with Crippen molar-refractivity contribution in [2.24, 2.45) is 0 Å². The van der Waals surface area contributed by atoms with Gasteiger partial charge in [-0.3, -0.25) is 0 Å². The molecular weight excluding hydrogens is 340 g/mol. The van der Waals surface area contributed by atoms with E-state index in [1.54, 1.807) is 10.8 Å². The smallest absolute Gasteiger partial charge is 0.420 e. The number of imidazole rings is 1. The summed E-state index contributed by atoms with van der Waals surface area (Å²) in [5.74, 6) is 0.694. The number of anilines is 1. The van der Waals surface area contributed by atoms with Gasteiger partial charge in [-0.1, -0.05) is 18.2 Å². The number of para-hydroxylation sites is 1. The van der Waals surface area contributed by atoms with Gasteiger partial charge in [0.15, 0.2) is 5.65 Å². The molecule has 0 N–H and O–H groups in total. The van der Waals surface area contributed by atoms with Gasteiger partial charge in [0, 0.05) is 18.4 Å². The number of carbonyl (C=O) groups is 1. The van der Waals surface area contributed by atoms with E-state index in [1.165, 1.54) is 0 Å². The van der Waals surface area contributed by atoms with Crippen LogP contribution < -0.4 is 4.90 Å². The van der Waals surface area contributed by atoms with E-state index < -0.39 is 11.7 Å². The number of nitrogens with zero attached hydrogens (tertiary/aromatic N) is 4. The van der Waals surface area contributed by atoms with Crippen LogP contribution in [0.2, 0.25) is 0 Å². The molecule has 0 aliphatic carbocycles. The van der Waals surface area contributed by atoms with Crippen LogP contribution in [0, 0.1) is 0 Å². The Morgan fingerprint density at radius 3 is 2.67 bits per heavy atom. The fourth-order valence-electron chi connectivity index (χ4n) is 3.62. The maximum absolute atomic E-state index is 13.0. The van der Waals surface area contributed by atoms with E-state index in [-0.39, 0.29) is 6.04 Å². The lowest BCUT2D eigenvalue weighted by Gasteiger charge is -2.27. The fourth-order valence-corrected chi connectivity index (χ4v) is 3.62. The predicted octanol–water partition coefficient (Wildman–Crippen LogP) is 4.56. The average Bonchev–Trinajstić information content (AvgIpc) is 3.25. The molecule has 140 valence electrons. The van der Waals surface area contributed by atoms with Crippen molar-refractivity contribution in [2.45, 2.75) is 45.3 Å². The van der Waals surface area contributed by atoms with Gasteiger partial charge in [0.25, 0.3) is 0 Å². The zero-order valence-corrected chi connectivity index (χ0v) is 15.9. The van der Waals surface area contributed by atoms with Gasteiger partial charge in [0.05, 0.1) is 11.6 Å². The monoisotopic (exact) mass is 364 g/mol. The number of ether oxygens (including phenoxy) is 1. The highest BCUT2D eigenvalue weighted by molar-refractivity contribution is 5.86. The lowest BCUT2D eigenvalue weighted by atomic mass is 10.2. The summed E-state index contributed by atoms with van der Waals surface area (Å²) in [5.41, 5.74) is 1.80. The minimum Gasteiger partial charge on any atom is -0.443 e. The van der Waals surface area contributed by atoms with Crippen LogP contribution in [0.5, 0.6) is 0 Å². The summed E-state index contributed by atoms with van der Waals surface area (Å²) in [7, 11) is 0. The maximum atomic E-state index is 13.0. The molecule has 6 heteroatoms. The Hall–Kier alpha value is -2.89. The fraction of sp³-hybridized carbons (Fsp3) is 0.381. The molecule has 4 rings (SSSR count). The minimum absolute atomic E-state index is 0.00844. The Balaban J connectivity index is 1.81. The Labute approximate surface area is 158 Å². The van der Waals surface area contributed by atoms with Gasteiger partial charge in [-0.15, -0.1) is 0 Å². The van der Waals surface area contributed by atoms with Crippen LogP contribution in [0.25, 0.3) is 11.2 Å². The first-order valence-electron chi connectivity index (χ1n) is 9.32. The lowest BCUT2D eigenvalue weighted by Crippen LogP contribution is -2.31. The highest BCUT2D eigenvalue weighted by Crippen LogP contribution is 2.36. The van der Waals surface area contributed by atoms with Crippen molar-refractivity contribution in [3.63, 3.8) is 0 Å². The number of hydrogen-bond donors (Lipinski definition) is 0. The number of benzene rings is 1. The minimum atomic E-state index is -0.581. The van der Waals surface area contributed by atoms with E-state index in [9.17, 15) is 4.79 Å². The van der Waals surface area contributed by atoms with E-state index in [2.05, 4.69) is 22.0 Å². The van der Waals surface area contributed by atoms with E-state index in [0.29, 0.717) is 17.0 Å². The Kier molecular flexibility index (Phi) is 4.34. The molecule has 1 saturated heterocycles. The molecule has 0 radical (unpaired) electrons. The summed E-state index contributed by atoms with van der Waals surface area (Å²) in [4.78, 5) is 24.4. The Morgan fingerprint density at radius 1 is 1.15 bits per heavy atom. The molecule has 0 spiro atoms. The van der Waals surface area contributed by atoms with Gasteiger partial charge in [-0.25, -0.2) is 19.3 Å². The number of pyridine rings is 1. The molecule has 1 atom stereocenters. The van der Waals surface area contributed by atoms with Crippen molar-refractivity contribution >= 4 is 22.9 Å². The van der Waals surface area contributed by atoms with Gasteiger partial charge >= 0.3 is 6.09 Å². The molecule has 3 heterocycles. The SMILES string of the molecule is CC(C)(C)OC(=O)n1c(C2CCCN2c2ccccc2)nc2ncccc21. The second-order valence-corrected chi connectivity index (χ2v) is 7.82. The Morgan fingerprint density at radius 2 is 1.93 bits per heavy atom. The molecule has 1 unspecified atom stereocenters. The first-order chi connectivity index (χ1) is 12.9. The van der Waals surface area contributed by atoms with Crippen LogP contribution in [0.15, 0.2) is 48.7 Å². The normalized spacial score (nSPS) is 17.4. The standard InChI is InChI=1S/C21H24N4O2/c1-21(2,3)27-20(26)25-16-11-7-13-22-18(16)23-19(25)17-12-8-14-24(17)15-9-5-4-6-10-15/h4-7,9-11,13,17H,8,12,14H2,1-3H3. The molecular formula is C21H24N4O2. The van der Waals surface area contributed by atoms with Crippen molar-refractivity contribution < 1.29 is 9.53 Å². The second kappa shape index (κ2) is 6.68. The van der Waals surface area contributed by atoms with Gasteiger partial charge in [-0.05, 0) is 57.9 Å². The summed E-state index contributed by atoms with van der Waals surface area (Å²) < 4.78 is 7.27. The number of rotatable bonds is 2. The number of hydrogen-bond acceptors (Lipinski definition) is 5. The summed E-state index contributed by atoms with van der Waals surface area (Å²) in [6.45, 7) is 6.54. The molecule has 1 aliphatic heterocycles. The quantitative estimate of drug-likeness (QED) is 0.667. The molecule has 2 aromatic heterocycles. The van der Waals surface area contributed by atoms with E-state index in [1.807, 2.05) is 51.1 Å². The van der Waals surface area contributed by atoms with Crippen molar-refractivity contribution in [3.8, 4) is 0 Å². The Bertz CT molecular complexity index is 959. The molecule has 3 aromatic rings. The van der Waals surface area contributed by atoms with Crippen molar-refractivity contribution in [1.82, 2.24) is 14.5 Å². The lowest BCUT2D eigenvalue weighted by molar-refractivity contribution is 0.0537. The zero-order valence-electron chi connectivity index (χ0n) is 15.9. The molecule has 0 saturated carbocycles. The topological polar surface area (TPSA) is 60.2 Å². The summed E-state index contributed by atoms with van der Waals surface area (Å²) in [5, 5.41) is 0. The van der Waals surface area contributed by atoms with E-state index >= 15 is 0 Å². The highest BCUT2D eigenvalue weighted by atomic mass is 16.6. The second-order valence-electron chi connectivity index (χ2n) is 7.82. The van der Waals surface area contributed by atoms with E-state index in [4.69, 9.17) is 9.72 Å². The molecule has 27 heavy (non-hydrogen) atoms. The maximum Gasteiger partial charge on any atom is 0.420 e. The molecule has 0 bridgehead atoms. The summed E-state index contributed by atoms with van der Waals surface area (Å²) in [6, 6.07) is 14.0. The average molecular weight is 364 g/mol. The third-order valence-corrected chi connectivity index (χ3v) is 4.67. The highest BCUT2D eigenvalue weighted by Gasteiger charge is 2.34. The van der Waals surface area contributed by atoms with Gasteiger partial charge < -0.3 is 9.64 Å². The van der Waals surface area contributed by atoms with Gasteiger partial charge in [-0.2, -0.15) is 0 Å². The van der Waals surface area contributed by atoms with Crippen LogP contribution in [0.4, 0.5) is 10.5 Å². The summed E-state index contributed by atoms with van der Waals surface area (Å²) >= 11 is 0. The molecule has 1 fully saturated rings. The van der Waals surface area contributed by atoms with Crippen LogP contribution in [-0.4, -0.2) is 32.8 Å². The largest absolute Gasteiger partial charge is 0.443 e.